The standard InChI is InChI=1S/C32H35N5O/c1-24-14-15-29-30(33-24)12-7-13-31(29)35-18-16-34(17-19-35)25(2)22-26-8-6-11-28(23-26)37-21-20-36(32(37)38)27-9-4-3-5-10-27/h3-15,23,25H,16-22H2,1-2H3. The molecule has 1 unspecified atom stereocenters. The number of nitrogens with zero attached hydrogens (tertiary/aromatic N) is 5. The molecule has 2 fully saturated rings. The van der Waals surface area contributed by atoms with E-state index in [0.29, 0.717) is 19.1 Å². The fraction of sp³-hybridized carbons (Fsp3) is 0.312. The van der Waals surface area contributed by atoms with Crippen LogP contribution in [0.4, 0.5) is 21.9 Å². The molecular formula is C32H35N5O. The number of hydrogen-bond donors (Lipinski definition) is 0. The molecule has 4 aromatic rings. The summed E-state index contributed by atoms with van der Waals surface area (Å²) in [6.07, 6.45) is 0.968. The first kappa shape index (κ1) is 24.4. The summed E-state index contributed by atoms with van der Waals surface area (Å²) in [5, 5.41) is 1.23. The lowest BCUT2D eigenvalue weighted by atomic mass is 10.0. The van der Waals surface area contributed by atoms with Gasteiger partial charge in [0.2, 0.25) is 0 Å². The maximum absolute atomic E-state index is 13.2. The van der Waals surface area contributed by atoms with Crippen LogP contribution in [0.2, 0.25) is 0 Å². The molecule has 194 valence electrons. The average Bonchev–Trinajstić information content (AvgIpc) is 3.34. The lowest BCUT2D eigenvalue weighted by Crippen LogP contribution is -2.50. The number of carbonyl (C=O) groups is 1. The molecule has 2 aliphatic rings. The van der Waals surface area contributed by atoms with Crippen LogP contribution in [0.5, 0.6) is 0 Å². The summed E-state index contributed by atoms with van der Waals surface area (Å²) in [6, 6.07) is 29.7. The third-order valence-corrected chi connectivity index (χ3v) is 7.96. The number of para-hydroxylation sites is 1. The molecule has 0 bridgehead atoms. The summed E-state index contributed by atoms with van der Waals surface area (Å²) in [6.45, 7) is 9.87. The van der Waals surface area contributed by atoms with E-state index in [9.17, 15) is 4.79 Å². The summed E-state index contributed by atoms with van der Waals surface area (Å²) < 4.78 is 0. The molecule has 6 rings (SSSR count). The average molecular weight is 506 g/mol. The Morgan fingerprint density at radius 1 is 0.763 bits per heavy atom. The summed E-state index contributed by atoms with van der Waals surface area (Å²) >= 11 is 0. The highest BCUT2D eigenvalue weighted by atomic mass is 16.2. The highest BCUT2D eigenvalue weighted by Crippen LogP contribution is 2.29. The van der Waals surface area contributed by atoms with Crippen molar-refractivity contribution in [2.45, 2.75) is 26.3 Å². The van der Waals surface area contributed by atoms with Crippen molar-refractivity contribution in [3.8, 4) is 0 Å². The van der Waals surface area contributed by atoms with Gasteiger partial charge in [0, 0.05) is 73.5 Å². The van der Waals surface area contributed by atoms with E-state index in [1.807, 2.05) is 47.1 Å². The molecule has 0 spiro atoms. The Morgan fingerprint density at radius 3 is 2.26 bits per heavy atom. The Labute approximate surface area is 225 Å². The molecular weight excluding hydrogens is 470 g/mol. The number of aromatic nitrogens is 1. The molecule has 3 aromatic carbocycles. The highest BCUT2D eigenvalue weighted by molar-refractivity contribution is 6.06. The van der Waals surface area contributed by atoms with Gasteiger partial charge < -0.3 is 4.90 Å². The Hall–Kier alpha value is -3.90. The summed E-state index contributed by atoms with van der Waals surface area (Å²) in [5.74, 6) is 0. The number of fused-ring (bicyclic) bond motifs is 1. The first-order valence-corrected chi connectivity index (χ1v) is 13.7. The molecule has 0 N–H and O–H groups in total. The molecule has 3 heterocycles. The van der Waals surface area contributed by atoms with Gasteiger partial charge in [0.25, 0.3) is 0 Å². The topological polar surface area (TPSA) is 42.9 Å². The minimum absolute atomic E-state index is 0.0521. The van der Waals surface area contributed by atoms with Crippen LogP contribution < -0.4 is 14.7 Å². The van der Waals surface area contributed by atoms with Crippen LogP contribution in [0.25, 0.3) is 10.9 Å². The predicted molar refractivity (Wildman–Crippen MR) is 156 cm³/mol. The normalized spacial score (nSPS) is 17.4. The van der Waals surface area contributed by atoms with E-state index in [4.69, 9.17) is 4.98 Å². The van der Waals surface area contributed by atoms with E-state index in [0.717, 1.165) is 55.2 Å². The molecule has 2 aliphatic heterocycles. The number of aryl methyl sites for hydroxylation is 1. The van der Waals surface area contributed by atoms with Gasteiger partial charge in [-0.1, -0.05) is 36.4 Å². The number of benzene rings is 3. The van der Waals surface area contributed by atoms with Crippen molar-refractivity contribution < 1.29 is 4.79 Å². The van der Waals surface area contributed by atoms with E-state index >= 15 is 0 Å². The monoisotopic (exact) mass is 505 g/mol. The summed E-state index contributed by atoms with van der Waals surface area (Å²) in [7, 11) is 0. The van der Waals surface area contributed by atoms with Crippen LogP contribution in [0.3, 0.4) is 0 Å². The molecule has 0 saturated carbocycles. The fourth-order valence-corrected chi connectivity index (χ4v) is 5.87. The van der Waals surface area contributed by atoms with Crippen LogP contribution in [0.1, 0.15) is 18.2 Å². The Balaban J connectivity index is 1.09. The number of hydrogen-bond acceptors (Lipinski definition) is 4. The van der Waals surface area contributed by atoms with Gasteiger partial charge in [-0.2, -0.15) is 0 Å². The van der Waals surface area contributed by atoms with E-state index in [1.54, 1.807) is 0 Å². The van der Waals surface area contributed by atoms with Gasteiger partial charge in [-0.25, -0.2) is 4.79 Å². The number of piperazine rings is 1. The van der Waals surface area contributed by atoms with Gasteiger partial charge in [-0.05, 0) is 74.4 Å². The number of anilines is 3. The Kier molecular flexibility index (Phi) is 6.73. The third-order valence-electron chi connectivity index (χ3n) is 7.96. The molecule has 38 heavy (non-hydrogen) atoms. The fourth-order valence-electron chi connectivity index (χ4n) is 5.87. The number of urea groups is 1. The second-order valence-electron chi connectivity index (χ2n) is 10.5. The van der Waals surface area contributed by atoms with Gasteiger partial charge in [-0.3, -0.25) is 19.7 Å². The van der Waals surface area contributed by atoms with E-state index < -0.39 is 0 Å². The van der Waals surface area contributed by atoms with Gasteiger partial charge >= 0.3 is 6.03 Å². The number of carbonyl (C=O) groups excluding carboxylic acids is 1. The van der Waals surface area contributed by atoms with Crippen molar-refractivity contribution in [3.63, 3.8) is 0 Å². The summed E-state index contributed by atoms with van der Waals surface area (Å²) in [5.41, 5.74) is 6.64. The molecule has 6 nitrogen and oxygen atoms in total. The number of pyridine rings is 1. The van der Waals surface area contributed by atoms with Crippen molar-refractivity contribution in [1.29, 1.82) is 0 Å². The maximum Gasteiger partial charge on any atom is 0.329 e. The van der Waals surface area contributed by atoms with E-state index in [-0.39, 0.29) is 6.03 Å². The highest BCUT2D eigenvalue weighted by Gasteiger charge is 2.31. The van der Waals surface area contributed by atoms with Crippen molar-refractivity contribution >= 4 is 34.0 Å². The third kappa shape index (κ3) is 4.84. The van der Waals surface area contributed by atoms with Gasteiger partial charge in [0.05, 0.1) is 5.52 Å². The van der Waals surface area contributed by atoms with E-state index in [1.165, 1.54) is 16.6 Å². The Morgan fingerprint density at radius 2 is 1.47 bits per heavy atom. The predicted octanol–water partition coefficient (Wildman–Crippen LogP) is 5.74. The SMILES string of the molecule is Cc1ccc2c(N3CCN(C(C)Cc4cccc(N5CCN(c6ccccc6)C5=O)c4)CC3)cccc2n1. The van der Waals surface area contributed by atoms with Crippen molar-refractivity contribution in [2.24, 2.45) is 0 Å². The largest absolute Gasteiger partial charge is 0.368 e. The lowest BCUT2D eigenvalue weighted by Gasteiger charge is -2.39. The van der Waals surface area contributed by atoms with Crippen LogP contribution in [-0.2, 0) is 6.42 Å². The first-order valence-electron chi connectivity index (χ1n) is 13.7. The summed E-state index contributed by atoms with van der Waals surface area (Å²) in [4.78, 5) is 26.7. The quantitative estimate of drug-likeness (QED) is 0.335. The van der Waals surface area contributed by atoms with Gasteiger partial charge in [0.15, 0.2) is 0 Å². The second-order valence-corrected chi connectivity index (χ2v) is 10.5. The van der Waals surface area contributed by atoms with Crippen molar-refractivity contribution in [1.82, 2.24) is 9.88 Å². The minimum atomic E-state index is 0.0521. The second kappa shape index (κ2) is 10.5. The van der Waals surface area contributed by atoms with Crippen LogP contribution in [0.15, 0.2) is 84.9 Å². The zero-order valence-electron chi connectivity index (χ0n) is 22.3. The van der Waals surface area contributed by atoms with Crippen molar-refractivity contribution in [3.05, 3.63) is 96.2 Å². The smallest absolute Gasteiger partial charge is 0.329 e. The molecule has 2 saturated heterocycles. The van der Waals surface area contributed by atoms with Crippen LogP contribution in [-0.4, -0.2) is 61.2 Å². The Bertz CT molecular complexity index is 1430. The van der Waals surface area contributed by atoms with Gasteiger partial charge in [-0.15, -0.1) is 0 Å². The lowest BCUT2D eigenvalue weighted by molar-refractivity contribution is 0.196. The van der Waals surface area contributed by atoms with E-state index in [2.05, 4.69) is 71.3 Å². The molecule has 0 radical (unpaired) electrons. The van der Waals surface area contributed by atoms with Crippen molar-refractivity contribution in [2.75, 3.05) is 54.0 Å². The minimum Gasteiger partial charge on any atom is -0.368 e. The zero-order valence-corrected chi connectivity index (χ0v) is 22.3. The van der Waals surface area contributed by atoms with Crippen LogP contribution >= 0.6 is 0 Å². The molecule has 6 heteroatoms. The van der Waals surface area contributed by atoms with Crippen LogP contribution in [0, 0.1) is 6.92 Å². The zero-order chi connectivity index (χ0) is 26.1. The van der Waals surface area contributed by atoms with Gasteiger partial charge in [0.1, 0.15) is 0 Å². The first-order chi connectivity index (χ1) is 18.6. The maximum atomic E-state index is 13.2. The molecule has 1 aromatic heterocycles. The molecule has 0 aliphatic carbocycles. The number of amides is 2. The molecule has 2 amide bonds. The number of rotatable bonds is 6. The molecule has 1 atom stereocenters.